The fourth-order valence-electron chi connectivity index (χ4n) is 4.24. The number of benzene rings is 2. The van der Waals surface area contributed by atoms with Crippen LogP contribution in [0.25, 0.3) is 16.7 Å². The molecular formula is C23H23ClN6O3S. The minimum absolute atomic E-state index is 0.0467. The number of hydrogen-bond acceptors (Lipinski definition) is 8. The van der Waals surface area contributed by atoms with Crippen LogP contribution in [-0.4, -0.2) is 60.0 Å². The molecule has 0 saturated carbocycles. The molecule has 0 spiro atoms. The van der Waals surface area contributed by atoms with Crippen LogP contribution < -0.4 is 10.1 Å². The Morgan fingerprint density at radius 3 is 2.71 bits per heavy atom. The third kappa shape index (κ3) is 4.08. The van der Waals surface area contributed by atoms with Gasteiger partial charge in [0.15, 0.2) is 20.8 Å². The predicted octanol–water partition coefficient (Wildman–Crippen LogP) is 3.61. The zero-order chi connectivity index (χ0) is 24.0. The first-order valence-electron chi connectivity index (χ1n) is 10.6. The SMILES string of the molecule is COc1cc2c(cc1Nc1nnc(Cl)c(-n3cc(S(C)(=O)=O)c4ccccc43)n1)CN(C)CC2. The van der Waals surface area contributed by atoms with Crippen molar-refractivity contribution in [2.24, 2.45) is 0 Å². The van der Waals surface area contributed by atoms with E-state index in [0.717, 1.165) is 19.5 Å². The minimum Gasteiger partial charge on any atom is -0.495 e. The van der Waals surface area contributed by atoms with Gasteiger partial charge in [0, 0.05) is 30.9 Å². The molecule has 0 radical (unpaired) electrons. The number of methoxy groups -OCH3 is 1. The molecule has 2 aromatic heterocycles. The number of hydrogen-bond donors (Lipinski definition) is 1. The van der Waals surface area contributed by atoms with Gasteiger partial charge in [-0.15, -0.1) is 10.2 Å². The maximum Gasteiger partial charge on any atom is 0.249 e. The first kappa shape index (κ1) is 22.6. The average Bonchev–Trinajstić information content (AvgIpc) is 3.20. The molecule has 1 N–H and O–H groups in total. The summed E-state index contributed by atoms with van der Waals surface area (Å²) in [6.07, 6.45) is 3.63. The smallest absolute Gasteiger partial charge is 0.249 e. The van der Waals surface area contributed by atoms with E-state index < -0.39 is 9.84 Å². The van der Waals surface area contributed by atoms with Gasteiger partial charge < -0.3 is 15.0 Å². The number of ether oxygens (including phenoxy) is 1. The minimum atomic E-state index is -3.47. The van der Waals surface area contributed by atoms with E-state index in [9.17, 15) is 8.42 Å². The molecule has 34 heavy (non-hydrogen) atoms. The Labute approximate surface area is 202 Å². The fraction of sp³-hybridized carbons (Fsp3) is 0.261. The normalized spacial score (nSPS) is 14.2. The molecule has 0 unspecified atom stereocenters. The Balaban J connectivity index is 1.59. The molecule has 2 aromatic carbocycles. The molecule has 11 heteroatoms. The van der Waals surface area contributed by atoms with Gasteiger partial charge in [-0.2, -0.15) is 4.98 Å². The van der Waals surface area contributed by atoms with Crippen molar-refractivity contribution in [2.45, 2.75) is 17.9 Å². The summed E-state index contributed by atoms with van der Waals surface area (Å²) in [5.41, 5.74) is 3.81. The lowest BCUT2D eigenvalue weighted by Crippen LogP contribution is -2.26. The second-order valence-electron chi connectivity index (χ2n) is 8.34. The number of para-hydroxylation sites is 1. The topological polar surface area (TPSA) is 102 Å². The van der Waals surface area contributed by atoms with E-state index in [1.54, 1.807) is 29.9 Å². The van der Waals surface area contributed by atoms with Gasteiger partial charge in [-0.05, 0) is 42.8 Å². The zero-order valence-corrected chi connectivity index (χ0v) is 20.5. The molecular weight excluding hydrogens is 476 g/mol. The number of nitrogens with one attached hydrogen (secondary N) is 1. The van der Waals surface area contributed by atoms with Gasteiger partial charge in [0.25, 0.3) is 0 Å². The number of fused-ring (bicyclic) bond motifs is 2. The van der Waals surface area contributed by atoms with Crippen LogP contribution in [0.4, 0.5) is 11.6 Å². The highest BCUT2D eigenvalue weighted by Crippen LogP contribution is 2.34. The van der Waals surface area contributed by atoms with Gasteiger partial charge in [0.1, 0.15) is 5.75 Å². The lowest BCUT2D eigenvalue weighted by Gasteiger charge is -2.26. The summed E-state index contributed by atoms with van der Waals surface area (Å²) in [4.78, 5) is 7.02. The average molecular weight is 499 g/mol. The maximum atomic E-state index is 12.4. The third-order valence-electron chi connectivity index (χ3n) is 5.90. The number of anilines is 2. The standard InChI is InChI=1S/C23H23ClN6O3S/c1-29-9-8-14-11-19(33-2)17(10-15(14)12-29)25-23-26-22(21(24)27-28-23)30-13-20(34(3,31)32)16-6-4-5-7-18(16)30/h4-7,10-11,13H,8-9,12H2,1-3H3,(H,25,26,28). The summed E-state index contributed by atoms with van der Waals surface area (Å²) in [5.74, 6) is 1.15. The number of halogens is 1. The molecule has 0 amide bonds. The van der Waals surface area contributed by atoms with Crippen molar-refractivity contribution < 1.29 is 13.2 Å². The van der Waals surface area contributed by atoms with E-state index in [4.69, 9.17) is 16.3 Å². The van der Waals surface area contributed by atoms with Crippen molar-refractivity contribution in [3.63, 3.8) is 0 Å². The monoisotopic (exact) mass is 498 g/mol. The van der Waals surface area contributed by atoms with Gasteiger partial charge in [0.05, 0.1) is 23.2 Å². The van der Waals surface area contributed by atoms with Gasteiger partial charge in [-0.3, -0.25) is 4.57 Å². The molecule has 1 aliphatic heterocycles. The van der Waals surface area contributed by atoms with Crippen LogP contribution in [0.2, 0.25) is 5.15 Å². The second kappa shape index (κ2) is 8.53. The van der Waals surface area contributed by atoms with Gasteiger partial charge in [0.2, 0.25) is 5.95 Å². The van der Waals surface area contributed by atoms with Crippen molar-refractivity contribution in [2.75, 3.05) is 32.3 Å². The van der Waals surface area contributed by atoms with Crippen LogP contribution >= 0.6 is 11.6 Å². The highest BCUT2D eigenvalue weighted by Gasteiger charge is 2.21. The Bertz CT molecular complexity index is 1520. The van der Waals surface area contributed by atoms with E-state index in [1.165, 1.54) is 23.6 Å². The molecule has 3 heterocycles. The summed E-state index contributed by atoms with van der Waals surface area (Å²) in [5, 5.41) is 12.0. The Morgan fingerprint density at radius 1 is 1.15 bits per heavy atom. The summed E-state index contributed by atoms with van der Waals surface area (Å²) >= 11 is 6.36. The Morgan fingerprint density at radius 2 is 1.94 bits per heavy atom. The van der Waals surface area contributed by atoms with Crippen LogP contribution in [0.1, 0.15) is 11.1 Å². The Hall–Kier alpha value is -3.21. The van der Waals surface area contributed by atoms with Crippen LogP contribution in [-0.2, 0) is 22.8 Å². The number of nitrogens with zero attached hydrogens (tertiary/aromatic N) is 5. The van der Waals surface area contributed by atoms with Crippen molar-refractivity contribution in [3.05, 3.63) is 58.9 Å². The van der Waals surface area contributed by atoms with E-state index in [-0.39, 0.29) is 21.8 Å². The molecule has 1 aliphatic rings. The Kier molecular flexibility index (Phi) is 5.67. The highest BCUT2D eigenvalue weighted by atomic mass is 35.5. The summed E-state index contributed by atoms with van der Waals surface area (Å²) in [7, 11) is 0.232. The first-order valence-corrected chi connectivity index (χ1v) is 12.9. The molecule has 176 valence electrons. The molecule has 0 fully saturated rings. The van der Waals surface area contributed by atoms with Crippen molar-refractivity contribution in [3.8, 4) is 11.6 Å². The van der Waals surface area contributed by atoms with E-state index >= 15 is 0 Å². The molecule has 0 aliphatic carbocycles. The molecule has 0 bridgehead atoms. The number of likely N-dealkylation sites (N-methyl/N-ethyl adjacent to an activating group) is 1. The van der Waals surface area contributed by atoms with E-state index in [0.29, 0.717) is 22.3 Å². The van der Waals surface area contributed by atoms with Crippen LogP contribution in [0.15, 0.2) is 47.5 Å². The van der Waals surface area contributed by atoms with Crippen LogP contribution in [0.5, 0.6) is 5.75 Å². The third-order valence-corrected chi connectivity index (χ3v) is 7.27. The molecule has 5 rings (SSSR count). The van der Waals surface area contributed by atoms with E-state index in [2.05, 4.69) is 32.4 Å². The molecule has 0 atom stereocenters. The van der Waals surface area contributed by atoms with Crippen LogP contribution in [0, 0.1) is 0 Å². The van der Waals surface area contributed by atoms with Gasteiger partial charge in [-0.25, -0.2) is 8.42 Å². The molecule has 9 nitrogen and oxygen atoms in total. The number of sulfone groups is 1. The van der Waals surface area contributed by atoms with E-state index in [1.807, 2.05) is 18.2 Å². The first-order chi connectivity index (χ1) is 16.2. The predicted molar refractivity (Wildman–Crippen MR) is 131 cm³/mol. The lowest BCUT2D eigenvalue weighted by atomic mass is 9.99. The fourth-order valence-corrected chi connectivity index (χ4v) is 5.29. The maximum absolute atomic E-state index is 12.4. The van der Waals surface area contributed by atoms with Crippen molar-refractivity contribution in [1.82, 2.24) is 24.6 Å². The van der Waals surface area contributed by atoms with Crippen molar-refractivity contribution in [1.29, 1.82) is 0 Å². The summed E-state index contributed by atoms with van der Waals surface area (Å²) in [6, 6.07) is 11.2. The zero-order valence-electron chi connectivity index (χ0n) is 18.9. The lowest BCUT2D eigenvalue weighted by molar-refractivity contribution is 0.312. The highest BCUT2D eigenvalue weighted by molar-refractivity contribution is 7.91. The second-order valence-corrected chi connectivity index (χ2v) is 10.7. The van der Waals surface area contributed by atoms with Crippen molar-refractivity contribution >= 4 is 44.0 Å². The largest absolute Gasteiger partial charge is 0.495 e. The molecule has 4 aromatic rings. The van der Waals surface area contributed by atoms with Crippen LogP contribution in [0.3, 0.4) is 0 Å². The number of rotatable bonds is 5. The summed E-state index contributed by atoms with van der Waals surface area (Å²) < 4.78 is 32.0. The van der Waals surface area contributed by atoms with Gasteiger partial charge in [-0.1, -0.05) is 29.8 Å². The quantitative estimate of drug-likeness (QED) is 0.445. The molecule has 0 saturated heterocycles. The summed E-state index contributed by atoms with van der Waals surface area (Å²) in [6.45, 7) is 1.83. The van der Waals surface area contributed by atoms with Gasteiger partial charge >= 0.3 is 0 Å². The number of aromatic nitrogens is 4.